The van der Waals surface area contributed by atoms with Crippen LogP contribution in [0.3, 0.4) is 0 Å². The van der Waals surface area contributed by atoms with Crippen molar-refractivity contribution in [2.24, 2.45) is 0 Å². The van der Waals surface area contributed by atoms with Crippen molar-refractivity contribution < 1.29 is 0 Å². The van der Waals surface area contributed by atoms with Crippen molar-refractivity contribution in [2.45, 2.75) is 19.8 Å². The van der Waals surface area contributed by atoms with E-state index in [0.717, 1.165) is 12.2 Å². The Morgan fingerprint density at radius 2 is 2.31 bits per heavy atom. The molecule has 0 unspecified atom stereocenters. The molecule has 1 aromatic heterocycles. The molecule has 0 fully saturated rings. The van der Waals surface area contributed by atoms with Gasteiger partial charge in [-0.15, -0.1) is 0 Å². The van der Waals surface area contributed by atoms with Gasteiger partial charge < -0.3 is 9.88 Å². The van der Waals surface area contributed by atoms with E-state index in [1.807, 2.05) is 19.4 Å². The minimum atomic E-state index is 1.05. The average Bonchev–Trinajstić information content (AvgIpc) is 2.75. The molecule has 3 nitrogen and oxygen atoms in total. The highest BCUT2D eigenvalue weighted by Gasteiger charge is 2.09. The summed E-state index contributed by atoms with van der Waals surface area (Å²) in [5.41, 5.74) is 4.92. The number of hydrogen-bond acceptors (Lipinski definition) is 2. The second-order valence-corrected chi connectivity index (χ2v) is 4.29. The van der Waals surface area contributed by atoms with Crippen LogP contribution in [-0.2, 0) is 6.42 Å². The second kappa shape index (κ2) is 3.67. The summed E-state index contributed by atoms with van der Waals surface area (Å²) in [5, 5.41) is 3.45. The van der Waals surface area contributed by atoms with Crippen LogP contribution in [0.1, 0.15) is 17.7 Å². The lowest BCUT2D eigenvalue weighted by Crippen LogP contribution is -2.11. The van der Waals surface area contributed by atoms with Gasteiger partial charge in [0.05, 0.1) is 12.0 Å². The van der Waals surface area contributed by atoms with Crippen molar-refractivity contribution in [1.82, 2.24) is 9.55 Å². The molecule has 0 saturated carbocycles. The number of fused-ring (bicyclic) bond motifs is 1. The predicted octanol–water partition coefficient (Wildman–Crippen LogP) is 2.54. The Morgan fingerprint density at radius 3 is 3.12 bits per heavy atom. The normalized spacial score (nSPS) is 14.3. The smallest absolute Gasteiger partial charge is 0.0995 e. The van der Waals surface area contributed by atoms with Gasteiger partial charge in [-0.05, 0) is 37.5 Å². The van der Waals surface area contributed by atoms with Crippen molar-refractivity contribution in [2.75, 3.05) is 11.9 Å². The fourth-order valence-electron chi connectivity index (χ4n) is 2.17. The largest absolute Gasteiger partial charge is 0.385 e. The number of aromatic nitrogens is 2. The lowest BCUT2D eigenvalue weighted by Gasteiger charge is -2.18. The zero-order valence-corrected chi connectivity index (χ0v) is 9.40. The Bertz CT molecular complexity index is 514. The quantitative estimate of drug-likeness (QED) is 0.789. The number of hydrogen-bond donors (Lipinski definition) is 1. The molecule has 0 spiro atoms. The van der Waals surface area contributed by atoms with Crippen molar-refractivity contribution in [3.8, 4) is 5.69 Å². The van der Waals surface area contributed by atoms with Crippen molar-refractivity contribution in [3.63, 3.8) is 0 Å². The number of benzene rings is 1. The zero-order valence-electron chi connectivity index (χ0n) is 9.40. The molecule has 16 heavy (non-hydrogen) atoms. The number of imidazole rings is 1. The van der Waals surface area contributed by atoms with E-state index >= 15 is 0 Å². The van der Waals surface area contributed by atoms with Gasteiger partial charge in [-0.3, -0.25) is 0 Å². The summed E-state index contributed by atoms with van der Waals surface area (Å²) in [6, 6.07) is 6.58. The highest BCUT2D eigenvalue weighted by Crippen LogP contribution is 2.24. The highest BCUT2D eigenvalue weighted by atomic mass is 15.0. The molecule has 82 valence electrons. The molecular formula is C13H15N3. The zero-order chi connectivity index (χ0) is 11.0. The third-order valence-electron chi connectivity index (χ3n) is 3.04. The first-order valence-electron chi connectivity index (χ1n) is 5.71. The Labute approximate surface area is 95.1 Å². The van der Waals surface area contributed by atoms with Crippen LogP contribution < -0.4 is 5.32 Å². The van der Waals surface area contributed by atoms with E-state index in [-0.39, 0.29) is 0 Å². The van der Waals surface area contributed by atoms with Crippen molar-refractivity contribution >= 4 is 5.69 Å². The van der Waals surface area contributed by atoms with E-state index in [9.17, 15) is 0 Å². The second-order valence-electron chi connectivity index (χ2n) is 4.29. The number of aryl methyl sites for hydroxylation is 2. The van der Waals surface area contributed by atoms with Gasteiger partial charge in [0.2, 0.25) is 0 Å². The van der Waals surface area contributed by atoms with Gasteiger partial charge in [0.15, 0.2) is 0 Å². The first kappa shape index (κ1) is 9.46. The molecule has 0 atom stereocenters. The van der Waals surface area contributed by atoms with Crippen LogP contribution in [0.5, 0.6) is 0 Å². The van der Waals surface area contributed by atoms with Gasteiger partial charge in [-0.25, -0.2) is 4.98 Å². The summed E-state index contributed by atoms with van der Waals surface area (Å²) in [6.45, 7) is 3.09. The van der Waals surface area contributed by atoms with Crippen LogP contribution in [-0.4, -0.2) is 16.1 Å². The number of rotatable bonds is 1. The number of anilines is 1. The Balaban J connectivity index is 2.02. The lowest BCUT2D eigenvalue weighted by atomic mass is 10.0. The summed E-state index contributed by atoms with van der Waals surface area (Å²) >= 11 is 0. The maximum Gasteiger partial charge on any atom is 0.0995 e. The summed E-state index contributed by atoms with van der Waals surface area (Å²) < 4.78 is 2.06. The first-order valence-corrected chi connectivity index (χ1v) is 5.71. The van der Waals surface area contributed by atoms with Crippen molar-refractivity contribution in [3.05, 3.63) is 42.0 Å². The summed E-state index contributed by atoms with van der Waals surface area (Å²) in [4.78, 5) is 4.25. The van der Waals surface area contributed by atoms with Gasteiger partial charge >= 0.3 is 0 Å². The van der Waals surface area contributed by atoms with E-state index in [0.29, 0.717) is 0 Å². The molecule has 2 heterocycles. The van der Waals surface area contributed by atoms with Gasteiger partial charge in [0.1, 0.15) is 0 Å². The van der Waals surface area contributed by atoms with Gasteiger partial charge in [0, 0.05) is 24.1 Å². The molecule has 1 aliphatic rings. The highest BCUT2D eigenvalue weighted by molar-refractivity contribution is 5.58. The molecule has 0 amide bonds. The van der Waals surface area contributed by atoms with Crippen LogP contribution in [0.25, 0.3) is 5.69 Å². The molecule has 1 aromatic carbocycles. The maximum atomic E-state index is 4.25. The van der Waals surface area contributed by atoms with E-state index in [2.05, 4.69) is 33.1 Å². The lowest BCUT2D eigenvalue weighted by molar-refractivity contribution is 0.829. The SMILES string of the molecule is Cc1cn(-c2ccc3c(c2)NCCC3)cn1. The fourth-order valence-corrected chi connectivity index (χ4v) is 2.17. The van der Waals surface area contributed by atoms with Crippen LogP contribution in [0.4, 0.5) is 5.69 Å². The Hall–Kier alpha value is -1.77. The molecule has 0 aliphatic carbocycles. The van der Waals surface area contributed by atoms with Crippen LogP contribution in [0.2, 0.25) is 0 Å². The predicted molar refractivity (Wildman–Crippen MR) is 65.1 cm³/mol. The summed E-state index contributed by atoms with van der Waals surface area (Å²) in [7, 11) is 0. The molecular weight excluding hydrogens is 198 g/mol. The molecule has 0 saturated heterocycles. The van der Waals surface area contributed by atoms with Gasteiger partial charge in [0.25, 0.3) is 0 Å². The third kappa shape index (κ3) is 1.58. The van der Waals surface area contributed by atoms with Gasteiger partial charge in [-0.2, -0.15) is 0 Å². The Morgan fingerprint density at radius 1 is 1.38 bits per heavy atom. The van der Waals surface area contributed by atoms with E-state index < -0.39 is 0 Å². The molecule has 0 radical (unpaired) electrons. The van der Waals surface area contributed by atoms with E-state index in [1.54, 1.807) is 0 Å². The molecule has 0 bridgehead atoms. The molecule has 3 rings (SSSR count). The summed E-state index contributed by atoms with van der Waals surface area (Å²) in [6.07, 6.45) is 6.33. The minimum absolute atomic E-state index is 1.05. The van der Waals surface area contributed by atoms with Crippen LogP contribution in [0.15, 0.2) is 30.7 Å². The maximum absolute atomic E-state index is 4.25. The molecule has 1 aliphatic heterocycles. The molecule has 3 heteroatoms. The third-order valence-corrected chi connectivity index (χ3v) is 3.04. The Kier molecular flexibility index (Phi) is 2.17. The molecule has 1 N–H and O–H groups in total. The number of nitrogens with one attached hydrogen (secondary N) is 1. The summed E-state index contributed by atoms with van der Waals surface area (Å²) in [5.74, 6) is 0. The standard InChI is InChI=1S/C13H15N3/c1-10-8-16(9-15-10)12-5-4-11-3-2-6-14-13(11)7-12/h4-5,7-9,14H,2-3,6H2,1H3. The monoisotopic (exact) mass is 213 g/mol. The number of nitrogens with zero attached hydrogens (tertiary/aromatic N) is 2. The van der Waals surface area contributed by atoms with E-state index in [4.69, 9.17) is 0 Å². The van der Waals surface area contributed by atoms with Crippen LogP contribution in [0, 0.1) is 6.92 Å². The minimum Gasteiger partial charge on any atom is -0.385 e. The average molecular weight is 213 g/mol. The first-order chi connectivity index (χ1) is 7.83. The topological polar surface area (TPSA) is 29.9 Å². The van der Waals surface area contributed by atoms with E-state index in [1.165, 1.54) is 29.8 Å². The van der Waals surface area contributed by atoms with Crippen LogP contribution >= 0.6 is 0 Å². The van der Waals surface area contributed by atoms with Gasteiger partial charge in [-0.1, -0.05) is 6.07 Å². The fraction of sp³-hybridized carbons (Fsp3) is 0.308. The van der Waals surface area contributed by atoms with Crippen molar-refractivity contribution in [1.29, 1.82) is 0 Å². The molecule has 2 aromatic rings.